The van der Waals surface area contributed by atoms with Gasteiger partial charge in [0.05, 0.1) is 12.7 Å². The second-order valence-corrected chi connectivity index (χ2v) is 3.89. The van der Waals surface area contributed by atoms with Crippen LogP contribution >= 0.6 is 11.6 Å². The number of hydrogen-bond donors (Lipinski definition) is 2. The summed E-state index contributed by atoms with van der Waals surface area (Å²) in [6.07, 6.45) is 0. The molecule has 0 aromatic heterocycles. The molecule has 0 fully saturated rings. The molecule has 1 aromatic carbocycles. The molecule has 0 aliphatic carbocycles. The van der Waals surface area contributed by atoms with Gasteiger partial charge >= 0.3 is 0 Å². The number of hydrogen-bond acceptors (Lipinski definition) is 3. The number of rotatable bonds is 4. The number of nitrogens with two attached hydrogens (primary N) is 1. The van der Waals surface area contributed by atoms with Crippen LogP contribution in [-0.4, -0.2) is 25.6 Å². The fourth-order valence-electron chi connectivity index (χ4n) is 1.21. The standard InChI is InChI=1S/C11H15ClN2O2/c1-7(6-13)14-11(15)9-4-3-8(12)5-10(9)16-2/h3-5,7H,6,13H2,1-2H3,(H,14,15). The van der Waals surface area contributed by atoms with Crippen molar-refractivity contribution in [2.24, 2.45) is 5.73 Å². The molecule has 5 heteroatoms. The molecule has 0 bridgehead atoms. The van der Waals surface area contributed by atoms with E-state index in [2.05, 4.69) is 5.32 Å². The van der Waals surface area contributed by atoms with Gasteiger partial charge in [0.25, 0.3) is 5.91 Å². The van der Waals surface area contributed by atoms with Crippen LogP contribution in [-0.2, 0) is 0 Å². The normalized spacial score (nSPS) is 12.0. The van der Waals surface area contributed by atoms with Crippen LogP contribution in [0.2, 0.25) is 5.02 Å². The SMILES string of the molecule is COc1cc(Cl)ccc1C(=O)NC(C)CN. The summed E-state index contributed by atoms with van der Waals surface area (Å²) in [5, 5.41) is 3.28. The first-order valence-corrected chi connectivity index (χ1v) is 5.30. The van der Waals surface area contributed by atoms with Crippen molar-refractivity contribution >= 4 is 17.5 Å². The summed E-state index contributed by atoms with van der Waals surface area (Å²) in [6, 6.07) is 4.79. The van der Waals surface area contributed by atoms with Gasteiger partial charge in [0.1, 0.15) is 5.75 Å². The van der Waals surface area contributed by atoms with Crippen LogP contribution < -0.4 is 15.8 Å². The lowest BCUT2D eigenvalue weighted by molar-refractivity contribution is 0.0938. The highest BCUT2D eigenvalue weighted by Crippen LogP contribution is 2.22. The second kappa shape index (κ2) is 5.72. The number of amides is 1. The lowest BCUT2D eigenvalue weighted by atomic mass is 10.1. The Hall–Kier alpha value is -1.26. The van der Waals surface area contributed by atoms with Crippen molar-refractivity contribution in [3.8, 4) is 5.75 Å². The fraction of sp³-hybridized carbons (Fsp3) is 0.364. The minimum atomic E-state index is -0.216. The molecule has 1 unspecified atom stereocenters. The van der Waals surface area contributed by atoms with Gasteiger partial charge in [-0.05, 0) is 25.1 Å². The molecule has 0 aliphatic heterocycles. The van der Waals surface area contributed by atoms with E-state index >= 15 is 0 Å². The second-order valence-electron chi connectivity index (χ2n) is 3.45. The molecule has 1 atom stereocenters. The Morgan fingerprint density at radius 2 is 2.31 bits per heavy atom. The Morgan fingerprint density at radius 1 is 1.62 bits per heavy atom. The van der Waals surface area contributed by atoms with Crippen molar-refractivity contribution in [1.29, 1.82) is 0 Å². The summed E-state index contributed by atoms with van der Waals surface area (Å²) in [5.74, 6) is 0.237. The Kier molecular flexibility index (Phi) is 4.58. The third-order valence-electron chi connectivity index (χ3n) is 2.14. The molecular formula is C11H15ClN2O2. The minimum absolute atomic E-state index is 0.0760. The summed E-state index contributed by atoms with van der Waals surface area (Å²) in [5.41, 5.74) is 5.88. The van der Waals surface area contributed by atoms with Gasteiger partial charge in [-0.25, -0.2) is 0 Å². The molecule has 0 spiro atoms. The van der Waals surface area contributed by atoms with Gasteiger partial charge < -0.3 is 15.8 Å². The average molecular weight is 243 g/mol. The topological polar surface area (TPSA) is 64.3 Å². The Labute approximate surface area is 99.7 Å². The summed E-state index contributed by atoms with van der Waals surface area (Å²) >= 11 is 5.80. The molecular weight excluding hydrogens is 228 g/mol. The Bertz CT molecular complexity index is 382. The maximum atomic E-state index is 11.8. The van der Waals surface area contributed by atoms with E-state index in [0.29, 0.717) is 22.9 Å². The zero-order valence-electron chi connectivity index (χ0n) is 9.29. The van der Waals surface area contributed by atoms with Crippen LogP contribution in [0, 0.1) is 0 Å². The molecule has 3 N–H and O–H groups in total. The van der Waals surface area contributed by atoms with Crippen LogP contribution in [0.3, 0.4) is 0 Å². The predicted octanol–water partition coefficient (Wildman–Crippen LogP) is 1.43. The first-order chi connectivity index (χ1) is 7.58. The van der Waals surface area contributed by atoms with Gasteiger partial charge in [-0.3, -0.25) is 4.79 Å². The summed E-state index contributed by atoms with van der Waals surface area (Å²) < 4.78 is 5.09. The third-order valence-corrected chi connectivity index (χ3v) is 2.37. The molecule has 1 amide bonds. The maximum Gasteiger partial charge on any atom is 0.255 e. The van der Waals surface area contributed by atoms with Gasteiger partial charge in [0.15, 0.2) is 0 Å². The number of carbonyl (C=O) groups excluding carboxylic acids is 1. The van der Waals surface area contributed by atoms with E-state index < -0.39 is 0 Å². The van der Waals surface area contributed by atoms with E-state index in [4.69, 9.17) is 22.1 Å². The van der Waals surface area contributed by atoms with Crippen LogP contribution in [0.1, 0.15) is 17.3 Å². The predicted molar refractivity (Wildman–Crippen MR) is 64.0 cm³/mol. The molecule has 0 heterocycles. The number of methoxy groups -OCH3 is 1. The van der Waals surface area contributed by atoms with Crippen molar-refractivity contribution in [2.45, 2.75) is 13.0 Å². The van der Waals surface area contributed by atoms with Crippen LogP contribution in [0.25, 0.3) is 0 Å². The highest BCUT2D eigenvalue weighted by Gasteiger charge is 2.13. The lowest BCUT2D eigenvalue weighted by Gasteiger charge is -2.13. The van der Waals surface area contributed by atoms with E-state index in [1.807, 2.05) is 6.92 Å². The lowest BCUT2D eigenvalue weighted by Crippen LogP contribution is -2.37. The molecule has 0 saturated heterocycles. The van der Waals surface area contributed by atoms with Crippen LogP contribution in [0.5, 0.6) is 5.75 Å². The van der Waals surface area contributed by atoms with Gasteiger partial charge in [-0.15, -0.1) is 0 Å². The highest BCUT2D eigenvalue weighted by molar-refractivity contribution is 6.30. The smallest absolute Gasteiger partial charge is 0.255 e. The van der Waals surface area contributed by atoms with Crippen LogP contribution in [0.4, 0.5) is 0 Å². The number of benzene rings is 1. The maximum absolute atomic E-state index is 11.8. The van der Waals surface area contributed by atoms with Crippen molar-refractivity contribution in [3.63, 3.8) is 0 Å². The molecule has 0 saturated carbocycles. The Balaban J connectivity index is 2.90. The first kappa shape index (κ1) is 12.8. The van der Waals surface area contributed by atoms with Gasteiger partial charge in [0.2, 0.25) is 0 Å². The van der Waals surface area contributed by atoms with Crippen LogP contribution in [0.15, 0.2) is 18.2 Å². The van der Waals surface area contributed by atoms with Crippen molar-refractivity contribution in [3.05, 3.63) is 28.8 Å². The number of nitrogens with one attached hydrogen (secondary N) is 1. The quantitative estimate of drug-likeness (QED) is 0.840. The van der Waals surface area contributed by atoms with E-state index in [0.717, 1.165) is 0 Å². The van der Waals surface area contributed by atoms with E-state index in [9.17, 15) is 4.79 Å². The molecule has 0 radical (unpaired) electrons. The van der Waals surface area contributed by atoms with Crippen molar-refractivity contribution in [2.75, 3.05) is 13.7 Å². The summed E-state index contributed by atoms with van der Waals surface area (Å²) in [7, 11) is 1.49. The summed E-state index contributed by atoms with van der Waals surface area (Å²) in [6.45, 7) is 2.22. The van der Waals surface area contributed by atoms with Crippen molar-refractivity contribution < 1.29 is 9.53 Å². The molecule has 88 valence electrons. The largest absolute Gasteiger partial charge is 0.496 e. The third kappa shape index (κ3) is 3.12. The zero-order chi connectivity index (χ0) is 12.1. The zero-order valence-corrected chi connectivity index (χ0v) is 10.0. The first-order valence-electron chi connectivity index (χ1n) is 4.93. The average Bonchev–Trinajstić information content (AvgIpc) is 2.28. The number of carbonyl (C=O) groups is 1. The summed E-state index contributed by atoms with van der Waals surface area (Å²) in [4.78, 5) is 11.8. The molecule has 16 heavy (non-hydrogen) atoms. The van der Waals surface area contributed by atoms with E-state index in [-0.39, 0.29) is 11.9 Å². The van der Waals surface area contributed by atoms with E-state index in [1.165, 1.54) is 7.11 Å². The Morgan fingerprint density at radius 3 is 2.88 bits per heavy atom. The number of ether oxygens (including phenoxy) is 1. The molecule has 0 aliphatic rings. The van der Waals surface area contributed by atoms with E-state index in [1.54, 1.807) is 18.2 Å². The van der Waals surface area contributed by atoms with Gasteiger partial charge in [0, 0.05) is 17.6 Å². The van der Waals surface area contributed by atoms with Gasteiger partial charge in [-0.2, -0.15) is 0 Å². The molecule has 1 rings (SSSR count). The molecule has 1 aromatic rings. The minimum Gasteiger partial charge on any atom is -0.496 e. The monoisotopic (exact) mass is 242 g/mol. The fourth-order valence-corrected chi connectivity index (χ4v) is 1.38. The highest BCUT2D eigenvalue weighted by atomic mass is 35.5. The molecule has 4 nitrogen and oxygen atoms in total. The van der Waals surface area contributed by atoms with Gasteiger partial charge in [-0.1, -0.05) is 11.6 Å². The van der Waals surface area contributed by atoms with Crippen molar-refractivity contribution in [1.82, 2.24) is 5.32 Å². The number of halogens is 1.